The van der Waals surface area contributed by atoms with Crippen LogP contribution < -0.4 is 10.6 Å². The zero-order valence-electron chi connectivity index (χ0n) is 16.7. The van der Waals surface area contributed by atoms with E-state index in [-0.39, 0.29) is 17.7 Å². The lowest BCUT2D eigenvalue weighted by molar-refractivity contribution is -0.122. The highest BCUT2D eigenvalue weighted by atomic mass is 35.5. The number of hydrogen-bond acceptors (Lipinski definition) is 3. The number of benzene rings is 3. The maximum Gasteiger partial charge on any atom is 0.251 e. The molecule has 0 spiro atoms. The molecule has 0 aliphatic carbocycles. The summed E-state index contributed by atoms with van der Waals surface area (Å²) in [6, 6.07) is 17.6. The second kappa shape index (κ2) is 10.5. The molecule has 3 rings (SSSR count). The Morgan fingerprint density at radius 2 is 1.62 bits per heavy atom. The van der Waals surface area contributed by atoms with Gasteiger partial charge in [-0.25, -0.2) is 8.78 Å². The number of nitriles is 1. The van der Waals surface area contributed by atoms with Gasteiger partial charge in [-0.1, -0.05) is 48.0 Å². The van der Waals surface area contributed by atoms with Crippen LogP contribution in [0.5, 0.6) is 0 Å². The van der Waals surface area contributed by atoms with Crippen LogP contribution in [-0.2, 0) is 11.2 Å². The van der Waals surface area contributed by atoms with Crippen molar-refractivity contribution in [1.29, 1.82) is 5.26 Å². The number of amides is 2. The van der Waals surface area contributed by atoms with E-state index in [4.69, 9.17) is 16.9 Å². The van der Waals surface area contributed by atoms with E-state index in [1.54, 1.807) is 36.4 Å². The van der Waals surface area contributed by atoms with E-state index in [2.05, 4.69) is 10.6 Å². The SMILES string of the molecule is N#CCNC(=O)[C@H](Cc1c(F)cccc1F)NC(=O)c1ccc(-c2ccccc2Cl)cc1. The summed E-state index contributed by atoms with van der Waals surface area (Å²) in [4.78, 5) is 25.2. The van der Waals surface area contributed by atoms with Crippen molar-refractivity contribution in [3.05, 3.63) is 94.5 Å². The highest BCUT2D eigenvalue weighted by Crippen LogP contribution is 2.27. The Kier molecular flexibility index (Phi) is 7.53. The molecule has 3 aromatic rings. The van der Waals surface area contributed by atoms with Crippen molar-refractivity contribution in [2.24, 2.45) is 0 Å². The summed E-state index contributed by atoms with van der Waals surface area (Å²) in [6.07, 6.45) is -0.417. The van der Waals surface area contributed by atoms with Crippen LogP contribution in [0.4, 0.5) is 8.78 Å². The molecule has 0 bridgehead atoms. The third-order valence-electron chi connectivity index (χ3n) is 4.77. The van der Waals surface area contributed by atoms with Crippen molar-refractivity contribution < 1.29 is 18.4 Å². The van der Waals surface area contributed by atoms with Crippen molar-refractivity contribution in [2.75, 3.05) is 6.54 Å². The lowest BCUT2D eigenvalue weighted by atomic mass is 10.0. The fourth-order valence-electron chi connectivity index (χ4n) is 3.13. The van der Waals surface area contributed by atoms with E-state index in [1.165, 1.54) is 6.07 Å². The van der Waals surface area contributed by atoms with Crippen LogP contribution in [0.1, 0.15) is 15.9 Å². The van der Waals surface area contributed by atoms with Gasteiger partial charge in [0.05, 0.1) is 6.07 Å². The molecule has 5 nitrogen and oxygen atoms in total. The van der Waals surface area contributed by atoms with Crippen molar-refractivity contribution in [2.45, 2.75) is 12.5 Å². The minimum Gasteiger partial charge on any atom is -0.341 e. The molecule has 2 N–H and O–H groups in total. The van der Waals surface area contributed by atoms with Crippen LogP contribution >= 0.6 is 11.6 Å². The third-order valence-corrected chi connectivity index (χ3v) is 5.09. The van der Waals surface area contributed by atoms with E-state index in [0.29, 0.717) is 5.02 Å². The zero-order valence-corrected chi connectivity index (χ0v) is 17.5. The largest absolute Gasteiger partial charge is 0.341 e. The summed E-state index contributed by atoms with van der Waals surface area (Å²) in [7, 11) is 0. The van der Waals surface area contributed by atoms with Gasteiger partial charge >= 0.3 is 0 Å². The molecule has 32 heavy (non-hydrogen) atoms. The number of carbonyl (C=O) groups excluding carboxylic acids is 2. The predicted molar refractivity (Wildman–Crippen MR) is 117 cm³/mol. The first-order chi connectivity index (χ1) is 15.4. The number of carbonyl (C=O) groups is 2. The summed E-state index contributed by atoms with van der Waals surface area (Å²) in [5.74, 6) is -3.00. The van der Waals surface area contributed by atoms with Gasteiger partial charge in [0.15, 0.2) is 0 Å². The van der Waals surface area contributed by atoms with Crippen LogP contribution in [-0.4, -0.2) is 24.4 Å². The molecule has 0 saturated carbocycles. The summed E-state index contributed by atoms with van der Waals surface area (Å²) >= 11 is 6.20. The number of nitrogens with one attached hydrogen (secondary N) is 2. The van der Waals surface area contributed by atoms with Crippen LogP contribution in [0.3, 0.4) is 0 Å². The molecule has 8 heteroatoms. The molecular weight excluding hydrogens is 436 g/mol. The van der Waals surface area contributed by atoms with E-state index >= 15 is 0 Å². The Morgan fingerprint density at radius 3 is 2.25 bits per heavy atom. The van der Waals surface area contributed by atoms with Gasteiger partial charge in [-0.05, 0) is 35.9 Å². The molecule has 0 saturated heterocycles. The summed E-state index contributed by atoms with van der Waals surface area (Å²) in [5.41, 5.74) is 1.50. The fraction of sp³-hybridized carbons (Fsp3) is 0.125. The molecular formula is C24H18ClF2N3O2. The van der Waals surface area contributed by atoms with Gasteiger partial charge in [-0.3, -0.25) is 9.59 Å². The van der Waals surface area contributed by atoms with Gasteiger partial charge in [0.25, 0.3) is 5.91 Å². The monoisotopic (exact) mass is 453 g/mol. The van der Waals surface area contributed by atoms with E-state index < -0.39 is 35.9 Å². The molecule has 0 heterocycles. The van der Waals surface area contributed by atoms with Crippen molar-refractivity contribution in [1.82, 2.24) is 10.6 Å². The van der Waals surface area contributed by atoms with Crippen LogP contribution in [0.2, 0.25) is 5.02 Å². The molecule has 0 aliphatic rings. The Hall–Kier alpha value is -3.76. The minimum atomic E-state index is -1.29. The van der Waals surface area contributed by atoms with Gasteiger partial charge in [0.1, 0.15) is 24.2 Å². The van der Waals surface area contributed by atoms with E-state index in [0.717, 1.165) is 23.3 Å². The van der Waals surface area contributed by atoms with Gasteiger partial charge in [-0.15, -0.1) is 0 Å². The second-order valence-electron chi connectivity index (χ2n) is 6.86. The Bertz CT molecular complexity index is 1160. The van der Waals surface area contributed by atoms with E-state index in [1.807, 2.05) is 18.2 Å². The molecule has 0 aliphatic heterocycles. The van der Waals surface area contributed by atoms with Crippen molar-refractivity contribution in [3.8, 4) is 17.2 Å². The average molecular weight is 454 g/mol. The molecule has 0 fully saturated rings. The number of rotatable bonds is 7. The Balaban J connectivity index is 1.81. The Morgan fingerprint density at radius 1 is 0.969 bits per heavy atom. The van der Waals surface area contributed by atoms with Crippen LogP contribution in [0, 0.1) is 23.0 Å². The molecule has 0 radical (unpaired) electrons. The van der Waals surface area contributed by atoms with Gasteiger partial charge in [0, 0.05) is 28.1 Å². The highest BCUT2D eigenvalue weighted by Gasteiger charge is 2.24. The van der Waals surface area contributed by atoms with Gasteiger partial charge < -0.3 is 10.6 Å². The quantitative estimate of drug-likeness (QED) is 0.524. The second-order valence-corrected chi connectivity index (χ2v) is 7.27. The zero-order chi connectivity index (χ0) is 23.1. The smallest absolute Gasteiger partial charge is 0.251 e. The van der Waals surface area contributed by atoms with Gasteiger partial charge in [0.2, 0.25) is 5.91 Å². The highest BCUT2D eigenvalue weighted by molar-refractivity contribution is 6.33. The van der Waals surface area contributed by atoms with Crippen molar-refractivity contribution in [3.63, 3.8) is 0 Å². The first-order valence-corrected chi connectivity index (χ1v) is 10.0. The standard InChI is InChI=1S/C24H18ClF2N3O2/c25-19-5-2-1-4-17(19)15-8-10-16(11-9-15)23(31)30-22(24(32)29-13-12-28)14-18-20(26)6-3-7-21(18)27/h1-11,22H,13-14H2,(H,29,32)(H,30,31)/t22-/m0/s1. The molecule has 2 amide bonds. The molecule has 0 unspecified atom stereocenters. The predicted octanol–water partition coefficient (Wildman–Crippen LogP) is 4.27. The summed E-state index contributed by atoms with van der Waals surface area (Å²) in [6.45, 7) is -0.308. The maximum absolute atomic E-state index is 14.1. The maximum atomic E-state index is 14.1. The molecule has 0 aromatic heterocycles. The number of nitrogens with zero attached hydrogens (tertiary/aromatic N) is 1. The first-order valence-electron chi connectivity index (χ1n) is 9.64. The summed E-state index contributed by atoms with van der Waals surface area (Å²) < 4.78 is 28.2. The van der Waals surface area contributed by atoms with Crippen LogP contribution in [0.25, 0.3) is 11.1 Å². The number of hydrogen-bond donors (Lipinski definition) is 2. The number of halogens is 3. The summed E-state index contributed by atoms with van der Waals surface area (Å²) in [5, 5.41) is 14.1. The fourth-order valence-corrected chi connectivity index (χ4v) is 3.37. The normalized spacial score (nSPS) is 11.3. The topological polar surface area (TPSA) is 82.0 Å². The lowest BCUT2D eigenvalue weighted by Gasteiger charge is -2.19. The lowest BCUT2D eigenvalue weighted by Crippen LogP contribution is -2.48. The third kappa shape index (κ3) is 5.48. The average Bonchev–Trinajstić information content (AvgIpc) is 2.79. The van der Waals surface area contributed by atoms with Crippen molar-refractivity contribution >= 4 is 23.4 Å². The van der Waals surface area contributed by atoms with Crippen LogP contribution in [0.15, 0.2) is 66.7 Å². The molecule has 3 aromatic carbocycles. The molecule has 162 valence electrons. The Labute approximate surface area is 188 Å². The minimum absolute atomic E-state index is 0.243. The molecule has 1 atom stereocenters. The van der Waals surface area contributed by atoms with E-state index in [9.17, 15) is 18.4 Å². The first kappa shape index (κ1) is 22.9. The van der Waals surface area contributed by atoms with Gasteiger partial charge in [-0.2, -0.15) is 5.26 Å².